The van der Waals surface area contributed by atoms with E-state index in [0.29, 0.717) is 5.91 Å². The second kappa shape index (κ2) is 8.07. The van der Waals surface area contributed by atoms with Crippen LogP contribution in [0.3, 0.4) is 0 Å². The Bertz CT molecular complexity index is 480. The molecule has 0 spiro atoms. The molecule has 0 saturated heterocycles. The van der Waals surface area contributed by atoms with Gasteiger partial charge in [-0.2, -0.15) is 0 Å². The van der Waals surface area contributed by atoms with E-state index in [1.54, 1.807) is 0 Å². The molecular weight excluding hydrogens is 359 g/mol. The first-order valence-electron chi connectivity index (χ1n) is 8.99. The molecular formula is C20H30NOY. The Morgan fingerprint density at radius 2 is 1.30 bits per heavy atom. The van der Waals surface area contributed by atoms with Crippen LogP contribution in [0.25, 0.3) is 0 Å². The molecule has 0 aliphatic heterocycles. The van der Waals surface area contributed by atoms with E-state index in [4.69, 9.17) is 0 Å². The van der Waals surface area contributed by atoms with E-state index in [1.165, 1.54) is 0 Å². The third-order valence-corrected chi connectivity index (χ3v) is 14.6. The molecule has 2 aliphatic carbocycles. The fourth-order valence-electron chi connectivity index (χ4n) is 3.89. The Balaban J connectivity index is 2.23. The number of hydrogen-bond acceptors (Lipinski definition) is 1. The van der Waals surface area contributed by atoms with Crippen molar-refractivity contribution >= 4 is 5.91 Å². The SMILES string of the molecule is CCCC(CCC)C(=O)[NH][Y]([C]1(C)C=CC=C1)[C]1(C)C=CC=C1. The van der Waals surface area contributed by atoms with Gasteiger partial charge in [-0.1, -0.05) is 0 Å². The molecule has 3 heteroatoms. The van der Waals surface area contributed by atoms with Gasteiger partial charge in [0.05, 0.1) is 0 Å². The first-order chi connectivity index (χ1) is 10.9. The summed E-state index contributed by atoms with van der Waals surface area (Å²) in [6.07, 6.45) is 21.9. The molecule has 0 aromatic heterocycles. The molecule has 0 aromatic rings. The first-order valence-corrected chi connectivity index (χ1v) is 13.3. The number of hydrogen-bond donors (Lipinski definition) is 1. The van der Waals surface area contributed by atoms with Crippen LogP contribution in [0.2, 0.25) is 4.45 Å². The summed E-state index contributed by atoms with van der Waals surface area (Å²) in [6, 6.07) is 0. The minimum atomic E-state index is -2.56. The maximum absolute atomic E-state index is 13.0. The Morgan fingerprint density at radius 1 is 0.913 bits per heavy atom. The van der Waals surface area contributed by atoms with Crippen molar-refractivity contribution in [2.75, 3.05) is 0 Å². The monoisotopic (exact) mass is 389 g/mol. The molecule has 23 heavy (non-hydrogen) atoms. The van der Waals surface area contributed by atoms with Gasteiger partial charge in [-0.25, -0.2) is 0 Å². The summed E-state index contributed by atoms with van der Waals surface area (Å²) in [5.74, 6) is 0.486. The normalized spacial score (nSPS) is 19.7. The van der Waals surface area contributed by atoms with Gasteiger partial charge in [0.15, 0.2) is 0 Å². The standard InChI is InChI=1S/C8H17NO.2C6H7.Y/c1-3-5-7(6-4-2)8(9)10;2*1-6-4-2-3-5-6;/h7H,3-6H2,1-2H3,(H2,9,10);2*2-5H,1H3;/q;;;+1/p-1. The van der Waals surface area contributed by atoms with Crippen LogP contribution in [0.4, 0.5) is 0 Å². The van der Waals surface area contributed by atoms with Crippen molar-refractivity contribution in [1.29, 1.82) is 0 Å². The van der Waals surface area contributed by atoms with Gasteiger partial charge in [-0.15, -0.1) is 0 Å². The van der Waals surface area contributed by atoms with Crippen molar-refractivity contribution in [3.8, 4) is 0 Å². The Hall–Kier alpha value is -0.466. The van der Waals surface area contributed by atoms with Crippen molar-refractivity contribution < 1.29 is 32.6 Å². The number of amides is 1. The first kappa shape index (κ1) is 18.9. The third-order valence-electron chi connectivity index (χ3n) is 5.22. The number of carbonyl (C=O) groups is 1. The quantitative estimate of drug-likeness (QED) is 0.587. The van der Waals surface area contributed by atoms with E-state index in [9.17, 15) is 4.79 Å². The Labute approximate surface area is 152 Å². The number of carbonyl (C=O) groups excluding carboxylic acids is 1. The molecule has 2 rings (SSSR count). The van der Waals surface area contributed by atoms with Crippen LogP contribution in [0.5, 0.6) is 0 Å². The summed E-state index contributed by atoms with van der Waals surface area (Å²) in [5.41, 5.74) is 0. The molecule has 0 atom stereocenters. The van der Waals surface area contributed by atoms with E-state index < -0.39 is 27.8 Å². The van der Waals surface area contributed by atoms with E-state index in [2.05, 4.69) is 78.8 Å². The Kier molecular flexibility index (Phi) is 6.62. The molecule has 0 radical (unpaired) electrons. The van der Waals surface area contributed by atoms with Crippen LogP contribution in [-0.2, 0) is 32.6 Å². The summed E-state index contributed by atoms with van der Waals surface area (Å²) < 4.78 is 3.74. The Morgan fingerprint density at radius 3 is 1.65 bits per heavy atom. The topological polar surface area (TPSA) is 29.1 Å². The van der Waals surface area contributed by atoms with E-state index >= 15 is 0 Å². The fourth-order valence-corrected chi connectivity index (χ4v) is 13.0. The minimum absolute atomic E-state index is 0.0636. The van der Waals surface area contributed by atoms with Crippen LogP contribution in [0, 0.1) is 5.92 Å². The zero-order chi connectivity index (χ0) is 16.9. The fraction of sp³-hybridized carbons (Fsp3) is 0.550. The average Bonchev–Trinajstić information content (AvgIpc) is 3.14. The molecule has 124 valence electrons. The molecule has 0 bridgehead atoms. The van der Waals surface area contributed by atoms with Gasteiger partial charge in [0, 0.05) is 0 Å². The van der Waals surface area contributed by atoms with Gasteiger partial charge in [-0.05, 0) is 0 Å². The molecule has 0 fully saturated rings. The molecule has 1 N–H and O–H groups in total. The molecule has 2 aliphatic rings. The van der Waals surface area contributed by atoms with Crippen molar-refractivity contribution in [3.63, 3.8) is 0 Å². The van der Waals surface area contributed by atoms with E-state index in [1.807, 2.05) is 0 Å². The van der Waals surface area contributed by atoms with Gasteiger partial charge < -0.3 is 0 Å². The summed E-state index contributed by atoms with van der Waals surface area (Å²) in [7, 11) is 0. The molecule has 0 unspecified atom stereocenters. The average molecular weight is 389 g/mol. The summed E-state index contributed by atoms with van der Waals surface area (Å²) in [5, 5.41) is 0. The summed E-state index contributed by atoms with van der Waals surface area (Å²) in [4.78, 5) is 13.0. The van der Waals surface area contributed by atoms with Crippen molar-refractivity contribution in [3.05, 3.63) is 48.6 Å². The molecule has 0 saturated carbocycles. The van der Waals surface area contributed by atoms with Crippen molar-refractivity contribution in [1.82, 2.24) is 2.45 Å². The summed E-state index contributed by atoms with van der Waals surface area (Å²) >= 11 is -2.56. The number of allylic oxidation sites excluding steroid dienone is 8. The predicted molar refractivity (Wildman–Crippen MR) is 94.7 cm³/mol. The zero-order valence-corrected chi connectivity index (χ0v) is 17.8. The van der Waals surface area contributed by atoms with Crippen LogP contribution in [0.15, 0.2) is 48.6 Å². The van der Waals surface area contributed by atoms with Crippen molar-refractivity contribution in [2.45, 2.75) is 57.8 Å². The molecule has 1 amide bonds. The van der Waals surface area contributed by atoms with Gasteiger partial charge in [0.1, 0.15) is 0 Å². The maximum atomic E-state index is 13.0. The second-order valence-corrected chi connectivity index (χ2v) is 16.3. The van der Waals surface area contributed by atoms with Gasteiger partial charge in [0.25, 0.3) is 0 Å². The molecule has 0 heterocycles. The van der Waals surface area contributed by atoms with Crippen LogP contribution >= 0.6 is 0 Å². The number of rotatable bonds is 8. The molecule has 0 aromatic carbocycles. The van der Waals surface area contributed by atoms with Crippen LogP contribution in [0.1, 0.15) is 53.4 Å². The molecule has 2 nitrogen and oxygen atoms in total. The van der Waals surface area contributed by atoms with E-state index in [-0.39, 0.29) is 10.4 Å². The number of nitrogens with one attached hydrogen (secondary N) is 1. The second-order valence-electron chi connectivity index (χ2n) is 7.38. The predicted octanol–water partition coefficient (Wildman–Crippen LogP) is 5.46. The zero-order valence-electron chi connectivity index (χ0n) is 15.0. The van der Waals surface area contributed by atoms with Crippen molar-refractivity contribution in [2.24, 2.45) is 5.92 Å². The third kappa shape index (κ3) is 4.34. The van der Waals surface area contributed by atoms with Gasteiger partial charge >= 0.3 is 153 Å². The van der Waals surface area contributed by atoms with Gasteiger partial charge in [-0.3, -0.25) is 0 Å². The van der Waals surface area contributed by atoms with Crippen LogP contribution < -0.4 is 2.45 Å². The van der Waals surface area contributed by atoms with Gasteiger partial charge in [0.2, 0.25) is 0 Å². The summed E-state index contributed by atoms with van der Waals surface area (Å²) in [6.45, 7) is 8.94. The van der Waals surface area contributed by atoms with Crippen LogP contribution in [-0.4, -0.2) is 5.91 Å². The van der Waals surface area contributed by atoms with E-state index in [0.717, 1.165) is 25.7 Å².